The molecule has 1 atom stereocenters. The van der Waals surface area contributed by atoms with Crippen molar-refractivity contribution in [2.75, 3.05) is 5.32 Å². The van der Waals surface area contributed by atoms with Crippen molar-refractivity contribution >= 4 is 5.69 Å². The minimum absolute atomic E-state index is 0.159. The van der Waals surface area contributed by atoms with E-state index in [2.05, 4.69) is 24.4 Å². The Balaban J connectivity index is 2.18. The minimum atomic E-state index is -0.159. The quantitative estimate of drug-likeness (QED) is 0.821. The molecule has 1 unspecified atom stereocenters. The number of halogens is 1. The Labute approximate surface area is 108 Å². The van der Waals surface area contributed by atoms with E-state index in [0.29, 0.717) is 5.56 Å². The van der Waals surface area contributed by atoms with Crippen molar-refractivity contribution < 1.29 is 4.39 Å². The monoisotopic (exact) mass is 243 g/mol. The molecule has 0 radical (unpaired) electrons. The van der Waals surface area contributed by atoms with Crippen molar-refractivity contribution in [3.05, 3.63) is 65.5 Å². The fourth-order valence-electron chi connectivity index (χ4n) is 2.04. The lowest BCUT2D eigenvalue weighted by molar-refractivity contribution is 0.618. The van der Waals surface area contributed by atoms with Crippen LogP contribution < -0.4 is 5.32 Å². The van der Waals surface area contributed by atoms with Gasteiger partial charge in [-0.05, 0) is 42.7 Å². The minimum Gasteiger partial charge on any atom is -0.378 e. The molecular weight excluding hydrogens is 225 g/mol. The molecule has 0 amide bonds. The molecule has 0 fully saturated rings. The Kier molecular flexibility index (Phi) is 3.98. The van der Waals surface area contributed by atoms with Crippen molar-refractivity contribution in [1.29, 1.82) is 0 Å². The maximum atomic E-state index is 13.2. The number of hydrogen-bond donors (Lipinski definition) is 1. The van der Waals surface area contributed by atoms with Gasteiger partial charge in [0.05, 0.1) is 6.04 Å². The Morgan fingerprint density at radius 2 is 1.83 bits per heavy atom. The van der Waals surface area contributed by atoms with Crippen molar-refractivity contribution in [3.8, 4) is 0 Å². The van der Waals surface area contributed by atoms with Crippen LogP contribution in [-0.4, -0.2) is 0 Å². The molecule has 0 heterocycles. The fraction of sp³-hybridized carbons (Fsp3) is 0.250. The van der Waals surface area contributed by atoms with E-state index in [1.54, 1.807) is 13.0 Å². The summed E-state index contributed by atoms with van der Waals surface area (Å²) in [6, 6.07) is 15.7. The van der Waals surface area contributed by atoms with Gasteiger partial charge in [-0.1, -0.05) is 37.3 Å². The third-order valence-corrected chi connectivity index (χ3v) is 3.11. The summed E-state index contributed by atoms with van der Waals surface area (Å²) < 4.78 is 13.2. The van der Waals surface area contributed by atoms with Crippen LogP contribution in [0.1, 0.15) is 30.5 Å². The SMILES string of the molecule is CCC(Nc1ccc(F)c(C)c1)c1ccccc1. The zero-order valence-electron chi connectivity index (χ0n) is 10.8. The van der Waals surface area contributed by atoms with Crippen LogP contribution in [0.15, 0.2) is 48.5 Å². The van der Waals surface area contributed by atoms with E-state index in [1.165, 1.54) is 11.6 Å². The van der Waals surface area contributed by atoms with Crippen LogP contribution in [0.3, 0.4) is 0 Å². The van der Waals surface area contributed by atoms with Gasteiger partial charge in [0.1, 0.15) is 5.82 Å². The zero-order valence-corrected chi connectivity index (χ0v) is 10.8. The van der Waals surface area contributed by atoms with Crippen LogP contribution in [0.4, 0.5) is 10.1 Å². The standard InChI is InChI=1S/C16H18FN/c1-3-16(13-7-5-4-6-8-13)18-14-9-10-15(17)12(2)11-14/h4-11,16,18H,3H2,1-2H3. The van der Waals surface area contributed by atoms with E-state index in [0.717, 1.165) is 12.1 Å². The first-order valence-electron chi connectivity index (χ1n) is 6.28. The molecule has 2 heteroatoms. The van der Waals surface area contributed by atoms with E-state index < -0.39 is 0 Å². The molecule has 0 bridgehead atoms. The predicted molar refractivity (Wildman–Crippen MR) is 74.2 cm³/mol. The molecule has 0 aliphatic heterocycles. The first-order chi connectivity index (χ1) is 8.70. The van der Waals surface area contributed by atoms with E-state index in [-0.39, 0.29) is 11.9 Å². The Hall–Kier alpha value is -1.83. The lowest BCUT2D eigenvalue weighted by Crippen LogP contribution is -2.09. The summed E-state index contributed by atoms with van der Waals surface area (Å²) in [5.74, 6) is -0.159. The highest BCUT2D eigenvalue weighted by Gasteiger charge is 2.09. The third-order valence-electron chi connectivity index (χ3n) is 3.11. The van der Waals surface area contributed by atoms with E-state index >= 15 is 0 Å². The van der Waals surface area contributed by atoms with Crippen LogP contribution >= 0.6 is 0 Å². The Bertz CT molecular complexity index is 508. The molecule has 1 nitrogen and oxygen atoms in total. The number of aryl methyl sites for hydroxylation is 1. The topological polar surface area (TPSA) is 12.0 Å². The van der Waals surface area contributed by atoms with Crippen LogP contribution in [0.2, 0.25) is 0 Å². The number of benzene rings is 2. The highest BCUT2D eigenvalue weighted by Crippen LogP contribution is 2.23. The molecular formula is C16H18FN. The summed E-state index contributed by atoms with van der Waals surface area (Å²) in [7, 11) is 0. The van der Waals surface area contributed by atoms with Crippen LogP contribution in [0.25, 0.3) is 0 Å². The summed E-state index contributed by atoms with van der Waals surface area (Å²) >= 11 is 0. The first kappa shape index (κ1) is 12.6. The number of anilines is 1. The molecule has 94 valence electrons. The van der Waals surface area contributed by atoms with E-state index in [9.17, 15) is 4.39 Å². The van der Waals surface area contributed by atoms with Crippen molar-refractivity contribution in [2.45, 2.75) is 26.3 Å². The lowest BCUT2D eigenvalue weighted by Gasteiger charge is -2.19. The van der Waals surface area contributed by atoms with Gasteiger partial charge in [0, 0.05) is 5.69 Å². The predicted octanol–water partition coefficient (Wildman–Crippen LogP) is 4.70. The average molecular weight is 243 g/mol. The molecule has 1 N–H and O–H groups in total. The van der Waals surface area contributed by atoms with Gasteiger partial charge in [0.25, 0.3) is 0 Å². The molecule has 0 spiro atoms. The maximum absolute atomic E-state index is 13.2. The Morgan fingerprint density at radius 1 is 1.11 bits per heavy atom. The van der Waals surface area contributed by atoms with Gasteiger partial charge in [0.2, 0.25) is 0 Å². The molecule has 0 aliphatic rings. The Morgan fingerprint density at radius 3 is 2.44 bits per heavy atom. The van der Waals surface area contributed by atoms with E-state index in [1.807, 2.05) is 24.3 Å². The molecule has 0 saturated heterocycles. The molecule has 0 aliphatic carbocycles. The van der Waals surface area contributed by atoms with Crippen LogP contribution in [0, 0.1) is 12.7 Å². The van der Waals surface area contributed by atoms with Crippen molar-refractivity contribution in [2.24, 2.45) is 0 Å². The maximum Gasteiger partial charge on any atom is 0.126 e. The average Bonchev–Trinajstić information content (AvgIpc) is 2.41. The first-order valence-corrected chi connectivity index (χ1v) is 6.28. The summed E-state index contributed by atoms with van der Waals surface area (Å²) in [5.41, 5.74) is 2.88. The van der Waals surface area contributed by atoms with Gasteiger partial charge in [-0.25, -0.2) is 4.39 Å². The van der Waals surface area contributed by atoms with Gasteiger partial charge < -0.3 is 5.32 Å². The number of nitrogens with one attached hydrogen (secondary N) is 1. The van der Waals surface area contributed by atoms with Crippen molar-refractivity contribution in [1.82, 2.24) is 0 Å². The van der Waals surface area contributed by atoms with Gasteiger partial charge >= 0.3 is 0 Å². The second-order valence-corrected chi connectivity index (χ2v) is 4.48. The molecule has 18 heavy (non-hydrogen) atoms. The normalized spacial score (nSPS) is 12.2. The fourth-order valence-corrected chi connectivity index (χ4v) is 2.04. The highest BCUT2D eigenvalue weighted by molar-refractivity contribution is 5.48. The van der Waals surface area contributed by atoms with Crippen molar-refractivity contribution in [3.63, 3.8) is 0 Å². The largest absolute Gasteiger partial charge is 0.378 e. The second-order valence-electron chi connectivity index (χ2n) is 4.48. The van der Waals surface area contributed by atoms with Crippen LogP contribution in [-0.2, 0) is 0 Å². The van der Waals surface area contributed by atoms with Gasteiger partial charge in [-0.2, -0.15) is 0 Å². The summed E-state index contributed by atoms with van der Waals surface area (Å²) in [5, 5.41) is 3.45. The third kappa shape index (κ3) is 2.89. The van der Waals surface area contributed by atoms with Gasteiger partial charge in [-0.15, -0.1) is 0 Å². The number of hydrogen-bond acceptors (Lipinski definition) is 1. The molecule has 0 aromatic heterocycles. The molecule has 2 rings (SSSR count). The van der Waals surface area contributed by atoms with E-state index in [4.69, 9.17) is 0 Å². The lowest BCUT2D eigenvalue weighted by atomic mass is 10.0. The summed E-state index contributed by atoms with van der Waals surface area (Å²) in [6.45, 7) is 3.92. The second kappa shape index (κ2) is 5.67. The number of rotatable bonds is 4. The smallest absolute Gasteiger partial charge is 0.126 e. The van der Waals surface area contributed by atoms with Gasteiger partial charge in [0.15, 0.2) is 0 Å². The molecule has 2 aromatic carbocycles. The summed E-state index contributed by atoms with van der Waals surface area (Å²) in [4.78, 5) is 0. The summed E-state index contributed by atoms with van der Waals surface area (Å²) in [6.07, 6.45) is 0.987. The molecule has 2 aromatic rings. The molecule has 0 saturated carbocycles. The van der Waals surface area contributed by atoms with Crippen LogP contribution in [0.5, 0.6) is 0 Å². The zero-order chi connectivity index (χ0) is 13.0. The van der Waals surface area contributed by atoms with Gasteiger partial charge in [-0.3, -0.25) is 0 Å². The highest BCUT2D eigenvalue weighted by atomic mass is 19.1.